The van der Waals surface area contributed by atoms with Crippen LogP contribution in [0.25, 0.3) is 0 Å². The van der Waals surface area contributed by atoms with Crippen molar-refractivity contribution < 1.29 is 10.2 Å². The van der Waals surface area contributed by atoms with Crippen molar-refractivity contribution in [1.82, 2.24) is 4.90 Å². The van der Waals surface area contributed by atoms with E-state index >= 15 is 0 Å². The molecule has 1 saturated heterocycles. The fourth-order valence-corrected chi connectivity index (χ4v) is 3.14. The lowest BCUT2D eigenvalue weighted by molar-refractivity contribution is 0.0638. The fourth-order valence-electron chi connectivity index (χ4n) is 3.14. The van der Waals surface area contributed by atoms with Gasteiger partial charge in [0.25, 0.3) is 0 Å². The highest BCUT2D eigenvalue weighted by atomic mass is 16.3. The van der Waals surface area contributed by atoms with E-state index in [0.29, 0.717) is 12.6 Å². The Morgan fingerprint density at radius 3 is 2.60 bits per heavy atom. The molecular formula is C17H27NO2. The molecule has 20 heavy (non-hydrogen) atoms. The third-order valence-corrected chi connectivity index (χ3v) is 4.20. The first-order chi connectivity index (χ1) is 9.66. The molecule has 1 aromatic rings. The van der Waals surface area contributed by atoms with Gasteiger partial charge >= 0.3 is 0 Å². The summed E-state index contributed by atoms with van der Waals surface area (Å²) >= 11 is 0. The molecular weight excluding hydrogens is 250 g/mol. The average molecular weight is 277 g/mol. The molecule has 1 heterocycles. The van der Waals surface area contributed by atoms with Gasteiger partial charge in [-0.2, -0.15) is 0 Å². The quantitative estimate of drug-likeness (QED) is 0.870. The van der Waals surface area contributed by atoms with Gasteiger partial charge in [-0.25, -0.2) is 0 Å². The zero-order valence-electron chi connectivity index (χ0n) is 12.4. The molecule has 0 aromatic heterocycles. The Hall–Kier alpha value is -0.900. The minimum atomic E-state index is -0.439. The molecule has 1 aliphatic heterocycles. The van der Waals surface area contributed by atoms with Crippen LogP contribution in [0.15, 0.2) is 30.3 Å². The molecule has 1 fully saturated rings. The van der Waals surface area contributed by atoms with E-state index in [1.54, 1.807) is 0 Å². The fraction of sp³-hybridized carbons (Fsp3) is 0.647. The van der Waals surface area contributed by atoms with Crippen LogP contribution in [0.1, 0.15) is 50.7 Å². The van der Waals surface area contributed by atoms with Crippen LogP contribution in [0.4, 0.5) is 0 Å². The number of aliphatic hydroxyl groups is 2. The number of nitrogens with zero attached hydrogens (tertiary/aromatic N) is 1. The number of hydrogen-bond acceptors (Lipinski definition) is 3. The van der Waals surface area contributed by atoms with Crippen molar-refractivity contribution in [2.24, 2.45) is 0 Å². The van der Waals surface area contributed by atoms with Crippen molar-refractivity contribution in [3.05, 3.63) is 35.9 Å². The molecule has 3 heteroatoms. The first-order valence-electron chi connectivity index (χ1n) is 7.82. The van der Waals surface area contributed by atoms with Gasteiger partial charge < -0.3 is 10.2 Å². The molecule has 1 aromatic carbocycles. The molecule has 3 unspecified atom stereocenters. The van der Waals surface area contributed by atoms with Gasteiger partial charge in [-0.1, -0.05) is 43.2 Å². The number of β-amino-alcohol motifs (C(OH)–C–C–N with tert-alkyl or cyclic N) is 1. The van der Waals surface area contributed by atoms with Gasteiger partial charge in [0.05, 0.1) is 12.2 Å². The minimum Gasteiger partial charge on any atom is -0.393 e. The summed E-state index contributed by atoms with van der Waals surface area (Å²) in [5.74, 6) is 0. The third kappa shape index (κ3) is 4.58. The lowest BCUT2D eigenvalue weighted by Gasteiger charge is -2.32. The Bertz CT molecular complexity index is 380. The summed E-state index contributed by atoms with van der Waals surface area (Å²) in [6.07, 6.45) is 4.91. The van der Waals surface area contributed by atoms with E-state index in [2.05, 4.69) is 4.90 Å². The SMILES string of the molecule is CC(O)CC1CCCCCN1CC(O)c1ccccc1. The van der Waals surface area contributed by atoms with Crippen LogP contribution in [0.5, 0.6) is 0 Å². The van der Waals surface area contributed by atoms with Gasteiger partial charge in [0, 0.05) is 12.6 Å². The van der Waals surface area contributed by atoms with Crippen LogP contribution >= 0.6 is 0 Å². The summed E-state index contributed by atoms with van der Waals surface area (Å²) in [5.41, 5.74) is 0.979. The van der Waals surface area contributed by atoms with Gasteiger partial charge in [-0.05, 0) is 38.3 Å². The van der Waals surface area contributed by atoms with Crippen molar-refractivity contribution in [1.29, 1.82) is 0 Å². The van der Waals surface area contributed by atoms with E-state index in [9.17, 15) is 10.2 Å². The molecule has 0 aliphatic carbocycles. The number of rotatable bonds is 5. The number of hydrogen-bond donors (Lipinski definition) is 2. The van der Waals surface area contributed by atoms with Gasteiger partial charge in [-0.15, -0.1) is 0 Å². The van der Waals surface area contributed by atoms with Crippen molar-refractivity contribution in [2.45, 2.75) is 57.3 Å². The summed E-state index contributed by atoms with van der Waals surface area (Å²) in [4.78, 5) is 2.37. The van der Waals surface area contributed by atoms with Crippen molar-refractivity contribution in [2.75, 3.05) is 13.1 Å². The number of benzene rings is 1. The van der Waals surface area contributed by atoms with Gasteiger partial charge in [0.2, 0.25) is 0 Å². The molecule has 3 atom stereocenters. The average Bonchev–Trinajstić information content (AvgIpc) is 2.65. The van der Waals surface area contributed by atoms with Gasteiger partial charge in [-0.3, -0.25) is 4.90 Å². The maximum Gasteiger partial charge on any atom is 0.0917 e. The monoisotopic (exact) mass is 277 g/mol. The van der Waals surface area contributed by atoms with E-state index in [0.717, 1.165) is 24.9 Å². The Balaban J connectivity index is 1.99. The molecule has 2 N–H and O–H groups in total. The molecule has 0 spiro atoms. The van der Waals surface area contributed by atoms with Crippen LogP contribution in [-0.4, -0.2) is 40.3 Å². The summed E-state index contributed by atoms with van der Waals surface area (Å²) in [6, 6.07) is 10.3. The summed E-state index contributed by atoms with van der Waals surface area (Å²) < 4.78 is 0. The normalized spacial score (nSPS) is 24.1. The lowest BCUT2D eigenvalue weighted by Crippen LogP contribution is -2.39. The highest BCUT2D eigenvalue weighted by Gasteiger charge is 2.24. The Morgan fingerprint density at radius 1 is 1.15 bits per heavy atom. The zero-order chi connectivity index (χ0) is 14.4. The molecule has 1 aliphatic rings. The van der Waals surface area contributed by atoms with Crippen LogP contribution < -0.4 is 0 Å². The maximum absolute atomic E-state index is 10.4. The van der Waals surface area contributed by atoms with E-state index in [4.69, 9.17) is 0 Å². The molecule has 112 valence electrons. The minimum absolute atomic E-state index is 0.269. The zero-order valence-corrected chi connectivity index (χ0v) is 12.4. The highest BCUT2D eigenvalue weighted by Crippen LogP contribution is 2.23. The first-order valence-corrected chi connectivity index (χ1v) is 7.82. The van der Waals surface area contributed by atoms with Gasteiger partial charge in [0.1, 0.15) is 0 Å². The van der Waals surface area contributed by atoms with Crippen molar-refractivity contribution in [3.8, 4) is 0 Å². The Morgan fingerprint density at radius 2 is 1.90 bits per heavy atom. The number of likely N-dealkylation sites (tertiary alicyclic amines) is 1. The predicted molar refractivity (Wildman–Crippen MR) is 81.5 cm³/mol. The maximum atomic E-state index is 10.4. The Labute approximate surface area is 122 Å². The Kier molecular flexibility index (Phi) is 6.02. The second-order valence-electron chi connectivity index (χ2n) is 6.01. The van der Waals surface area contributed by atoms with E-state index in [1.807, 2.05) is 37.3 Å². The van der Waals surface area contributed by atoms with Crippen LogP contribution in [0.2, 0.25) is 0 Å². The largest absolute Gasteiger partial charge is 0.393 e. The third-order valence-electron chi connectivity index (χ3n) is 4.20. The van der Waals surface area contributed by atoms with E-state index < -0.39 is 6.10 Å². The van der Waals surface area contributed by atoms with Crippen LogP contribution in [0, 0.1) is 0 Å². The van der Waals surface area contributed by atoms with E-state index in [-0.39, 0.29) is 6.10 Å². The van der Waals surface area contributed by atoms with Crippen molar-refractivity contribution >= 4 is 0 Å². The van der Waals surface area contributed by atoms with Crippen molar-refractivity contribution in [3.63, 3.8) is 0 Å². The second-order valence-corrected chi connectivity index (χ2v) is 6.01. The molecule has 3 nitrogen and oxygen atoms in total. The van der Waals surface area contributed by atoms with Crippen LogP contribution in [-0.2, 0) is 0 Å². The molecule has 2 rings (SSSR count). The number of aliphatic hydroxyl groups excluding tert-OH is 2. The smallest absolute Gasteiger partial charge is 0.0917 e. The summed E-state index contributed by atoms with van der Waals surface area (Å²) in [6.45, 7) is 3.55. The molecule has 0 radical (unpaired) electrons. The molecule has 0 saturated carbocycles. The highest BCUT2D eigenvalue weighted by molar-refractivity contribution is 5.17. The molecule has 0 amide bonds. The predicted octanol–water partition coefficient (Wildman–Crippen LogP) is 2.74. The topological polar surface area (TPSA) is 43.7 Å². The van der Waals surface area contributed by atoms with Crippen LogP contribution in [0.3, 0.4) is 0 Å². The standard InChI is InChI=1S/C17H27NO2/c1-14(19)12-16-10-6-3-7-11-18(16)13-17(20)15-8-4-2-5-9-15/h2,4-5,8-9,14,16-17,19-20H,3,6-7,10-13H2,1H3. The molecule has 0 bridgehead atoms. The lowest BCUT2D eigenvalue weighted by atomic mass is 10.0. The van der Waals surface area contributed by atoms with Gasteiger partial charge in [0.15, 0.2) is 0 Å². The summed E-state index contributed by atoms with van der Waals surface area (Å²) in [7, 11) is 0. The second kappa shape index (κ2) is 7.77. The van der Waals surface area contributed by atoms with E-state index in [1.165, 1.54) is 19.3 Å². The summed E-state index contributed by atoms with van der Waals surface area (Å²) in [5, 5.41) is 20.1. The first kappa shape index (κ1) is 15.5.